The van der Waals surface area contributed by atoms with Crippen molar-refractivity contribution in [2.24, 2.45) is 0 Å². The average molecular weight is 311 g/mol. The highest BCUT2D eigenvalue weighted by molar-refractivity contribution is 9.09. The molecule has 0 spiro atoms. The molecule has 3 amide bonds. The van der Waals surface area contributed by atoms with Crippen LogP contribution in [0.3, 0.4) is 0 Å². The third-order valence-electron chi connectivity index (χ3n) is 2.89. The fourth-order valence-corrected chi connectivity index (χ4v) is 2.33. The summed E-state index contributed by atoms with van der Waals surface area (Å²) in [6.07, 6.45) is 1.80. The molecule has 0 aromatic heterocycles. The van der Waals surface area contributed by atoms with Crippen molar-refractivity contribution in [3.05, 3.63) is 30.3 Å². The van der Waals surface area contributed by atoms with Crippen molar-refractivity contribution in [2.45, 2.75) is 12.8 Å². The largest absolute Gasteiger partial charge is 0.331 e. The monoisotopic (exact) mass is 310 g/mol. The predicted molar refractivity (Wildman–Crippen MR) is 73.9 cm³/mol. The Hall–Kier alpha value is -1.36. The lowest BCUT2D eigenvalue weighted by Crippen LogP contribution is -2.33. The summed E-state index contributed by atoms with van der Waals surface area (Å²) in [7, 11) is 0. The quantitative estimate of drug-likeness (QED) is 0.476. The first-order valence-electron chi connectivity index (χ1n) is 5.97. The molecule has 0 saturated carbocycles. The number of benzene rings is 1. The molecule has 18 heavy (non-hydrogen) atoms. The zero-order chi connectivity index (χ0) is 13.0. The molecule has 1 fully saturated rings. The molecule has 0 unspecified atom stereocenters. The second-order valence-corrected chi connectivity index (χ2v) is 4.94. The first-order valence-corrected chi connectivity index (χ1v) is 7.09. The van der Waals surface area contributed by atoms with E-state index in [1.54, 1.807) is 0 Å². The Bertz CT molecular complexity index is 436. The van der Waals surface area contributed by atoms with Gasteiger partial charge in [0.25, 0.3) is 5.91 Å². The zero-order valence-electron chi connectivity index (χ0n) is 10.0. The number of rotatable bonds is 5. The van der Waals surface area contributed by atoms with Crippen molar-refractivity contribution < 1.29 is 9.59 Å². The topological polar surface area (TPSA) is 40.6 Å². The Morgan fingerprint density at radius 1 is 1.11 bits per heavy atom. The van der Waals surface area contributed by atoms with Crippen molar-refractivity contribution in [1.82, 2.24) is 4.90 Å². The number of nitrogens with zero attached hydrogens (tertiary/aromatic N) is 2. The number of hydrogen-bond acceptors (Lipinski definition) is 2. The van der Waals surface area contributed by atoms with Gasteiger partial charge in [-0.3, -0.25) is 14.6 Å². The van der Waals surface area contributed by atoms with E-state index in [2.05, 4.69) is 15.9 Å². The van der Waals surface area contributed by atoms with Crippen molar-refractivity contribution in [2.75, 3.05) is 23.3 Å². The summed E-state index contributed by atoms with van der Waals surface area (Å²) in [5, 5.41) is 0.894. The summed E-state index contributed by atoms with van der Waals surface area (Å²) in [6, 6.07) is 9.09. The summed E-state index contributed by atoms with van der Waals surface area (Å²) < 4.78 is 0. The van der Waals surface area contributed by atoms with Crippen molar-refractivity contribution in [3.8, 4) is 0 Å². The predicted octanol–water partition coefficient (Wildman–Crippen LogP) is 2.63. The van der Waals surface area contributed by atoms with Gasteiger partial charge in [0.2, 0.25) is 0 Å². The van der Waals surface area contributed by atoms with Crippen LogP contribution in [0.1, 0.15) is 12.8 Å². The molecule has 0 aliphatic carbocycles. The van der Waals surface area contributed by atoms with Gasteiger partial charge in [-0.1, -0.05) is 34.1 Å². The first-order chi connectivity index (χ1) is 8.74. The molecule has 5 heteroatoms. The Morgan fingerprint density at radius 3 is 2.50 bits per heavy atom. The van der Waals surface area contributed by atoms with E-state index in [1.807, 2.05) is 30.3 Å². The third kappa shape index (κ3) is 2.72. The molecule has 1 heterocycles. The number of urea groups is 1. The summed E-state index contributed by atoms with van der Waals surface area (Å²) in [4.78, 5) is 26.8. The van der Waals surface area contributed by atoms with Gasteiger partial charge in [-0.05, 0) is 25.0 Å². The maximum atomic E-state index is 12.1. The Kier molecular flexibility index (Phi) is 4.36. The molecule has 1 aromatic rings. The third-order valence-corrected chi connectivity index (χ3v) is 3.45. The molecule has 1 aliphatic heterocycles. The van der Waals surface area contributed by atoms with Gasteiger partial charge in [-0.25, -0.2) is 4.79 Å². The van der Waals surface area contributed by atoms with Gasteiger partial charge in [0.1, 0.15) is 6.54 Å². The summed E-state index contributed by atoms with van der Waals surface area (Å²) in [5.41, 5.74) is 0.777. The molecule has 0 N–H and O–H groups in total. The van der Waals surface area contributed by atoms with Crippen molar-refractivity contribution in [1.29, 1.82) is 0 Å². The van der Waals surface area contributed by atoms with E-state index >= 15 is 0 Å². The van der Waals surface area contributed by atoms with Crippen LogP contribution in [-0.2, 0) is 4.79 Å². The van der Waals surface area contributed by atoms with Crippen LogP contribution in [0.2, 0.25) is 0 Å². The van der Waals surface area contributed by atoms with Gasteiger partial charge in [0, 0.05) is 17.6 Å². The number of imide groups is 1. The second-order valence-electron chi connectivity index (χ2n) is 4.15. The number of alkyl halides is 1. The minimum absolute atomic E-state index is 0.113. The molecule has 96 valence electrons. The van der Waals surface area contributed by atoms with Gasteiger partial charge in [0.05, 0.1) is 0 Å². The average Bonchev–Trinajstić information content (AvgIpc) is 2.68. The van der Waals surface area contributed by atoms with E-state index in [4.69, 9.17) is 0 Å². The zero-order valence-corrected chi connectivity index (χ0v) is 11.6. The minimum Gasteiger partial charge on any atom is -0.285 e. The molecular formula is C13H15BrN2O2. The van der Waals surface area contributed by atoms with Crippen molar-refractivity contribution >= 4 is 33.6 Å². The van der Waals surface area contributed by atoms with Gasteiger partial charge in [-0.15, -0.1) is 0 Å². The number of hydrogen-bond donors (Lipinski definition) is 0. The van der Waals surface area contributed by atoms with Gasteiger partial charge in [0.15, 0.2) is 0 Å². The van der Waals surface area contributed by atoms with Crippen molar-refractivity contribution in [3.63, 3.8) is 0 Å². The smallest absolute Gasteiger partial charge is 0.285 e. The number of carbonyl (C=O) groups excluding carboxylic acids is 2. The number of unbranched alkanes of at least 4 members (excludes halogenated alkanes) is 1. The highest BCUT2D eigenvalue weighted by Crippen LogP contribution is 2.20. The first kappa shape index (κ1) is 13.1. The van der Waals surface area contributed by atoms with Crippen LogP contribution in [-0.4, -0.2) is 35.3 Å². The minimum atomic E-state index is -0.208. The maximum Gasteiger partial charge on any atom is 0.331 e. The standard InChI is InChI=1S/C13H15BrN2O2/c14-8-4-5-9-15-12(17)10-16(13(15)18)11-6-2-1-3-7-11/h1-3,6-7H,4-5,8-10H2. The van der Waals surface area contributed by atoms with E-state index in [9.17, 15) is 9.59 Å². The van der Waals surface area contributed by atoms with E-state index in [1.165, 1.54) is 9.80 Å². The Labute approximate surface area is 115 Å². The molecule has 0 bridgehead atoms. The SMILES string of the molecule is O=C1CN(c2ccccc2)C(=O)N1CCCCBr. The van der Waals surface area contributed by atoms with Crippen LogP contribution in [0, 0.1) is 0 Å². The fourth-order valence-electron chi connectivity index (χ4n) is 1.94. The molecule has 2 rings (SSSR count). The van der Waals surface area contributed by atoms with E-state index in [0.717, 1.165) is 23.9 Å². The molecule has 1 aromatic carbocycles. The summed E-state index contributed by atoms with van der Waals surface area (Å²) in [6.45, 7) is 0.657. The number of carbonyl (C=O) groups is 2. The number of para-hydroxylation sites is 1. The van der Waals surface area contributed by atoms with Gasteiger partial charge in [-0.2, -0.15) is 0 Å². The highest BCUT2D eigenvalue weighted by atomic mass is 79.9. The number of halogens is 1. The van der Waals surface area contributed by atoms with Gasteiger partial charge >= 0.3 is 6.03 Å². The lowest BCUT2D eigenvalue weighted by atomic mass is 10.3. The maximum absolute atomic E-state index is 12.1. The van der Waals surface area contributed by atoms with E-state index < -0.39 is 0 Å². The normalized spacial score (nSPS) is 15.6. The number of anilines is 1. The van der Waals surface area contributed by atoms with Crippen LogP contribution in [0.25, 0.3) is 0 Å². The summed E-state index contributed by atoms with van der Waals surface area (Å²) in [5.74, 6) is -0.113. The lowest BCUT2D eigenvalue weighted by molar-refractivity contribution is -0.124. The Morgan fingerprint density at radius 2 is 1.83 bits per heavy atom. The molecular weight excluding hydrogens is 296 g/mol. The van der Waals surface area contributed by atoms with E-state index in [-0.39, 0.29) is 18.5 Å². The lowest BCUT2D eigenvalue weighted by Gasteiger charge is -2.16. The molecule has 0 radical (unpaired) electrons. The molecule has 0 atom stereocenters. The van der Waals surface area contributed by atoms with Crippen LogP contribution >= 0.6 is 15.9 Å². The highest BCUT2D eigenvalue weighted by Gasteiger charge is 2.36. The second kappa shape index (κ2) is 6.00. The Balaban J connectivity index is 2.05. The van der Waals surface area contributed by atoms with E-state index in [0.29, 0.717) is 6.54 Å². The van der Waals surface area contributed by atoms with Crippen LogP contribution in [0.4, 0.5) is 10.5 Å². The van der Waals surface area contributed by atoms with Crippen LogP contribution in [0.5, 0.6) is 0 Å². The number of amides is 3. The summed E-state index contributed by atoms with van der Waals surface area (Å²) >= 11 is 3.34. The molecule has 4 nitrogen and oxygen atoms in total. The fraction of sp³-hybridized carbons (Fsp3) is 0.385. The van der Waals surface area contributed by atoms with Gasteiger partial charge < -0.3 is 0 Å². The molecule has 1 aliphatic rings. The van der Waals surface area contributed by atoms with Crippen LogP contribution < -0.4 is 4.90 Å². The van der Waals surface area contributed by atoms with Crippen LogP contribution in [0.15, 0.2) is 30.3 Å². The molecule has 1 saturated heterocycles.